The molecule has 2 aliphatic rings. The van der Waals surface area contributed by atoms with Crippen LogP contribution >= 0.6 is 46.4 Å². The molecule has 1 fully saturated rings. The van der Waals surface area contributed by atoms with Crippen LogP contribution in [0.15, 0.2) is 30.3 Å². The van der Waals surface area contributed by atoms with Crippen LogP contribution in [0.4, 0.5) is 5.69 Å². The number of hydrogen-bond donors (Lipinski definition) is 0. The van der Waals surface area contributed by atoms with Crippen molar-refractivity contribution >= 4 is 58.0 Å². The third-order valence-electron chi connectivity index (χ3n) is 4.26. The van der Waals surface area contributed by atoms with Gasteiger partial charge in [0.2, 0.25) is 0 Å². The number of rotatable bonds is 2. The number of amides is 1. The van der Waals surface area contributed by atoms with Gasteiger partial charge in [0.05, 0.1) is 35.5 Å². The van der Waals surface area contributed by atoms with E-state index in [0.717, 1.165) is 5.56 Å². The second-order valence-corrected chi connectivity index (χ2v) is 7.33. The molecular weight excluding hydrogens is 408 g/mol. The summed E-state index contributed by atoms with van der Waals surface area (Å²) in [5.74, 6) is -1.82. The van der Waals surface area contributed by atoms with Crippen molar-refractivity contribution in [1.82, 2.24) is 0 Å². The van der Waals surface area contributed by atoms with Gasteiger partial charge in [0.25, 0.3) is 11.7 Å². The van der Waals surface area contributed by atoms with Crippen molar-refractivity contribution < 1.29 is 14.3 Å². The normalized spacial score (nSPS) is 18.2. The van der Waals surface area contributed by atoms with Crippen LogP contribution in [0.25, 0.3) is 0 Å². The molecule has 0 atom stereocenters. The Balaban J connectivity index is 1.84. The average molecular weight is 419 g/mol. The van der Waals surface area contributed by atoms with Gasteiger partial charge in [0, 0.05) is 15.6 Å². The molecule has 1 amide bonds. The van der Waals surface area contributed by atoms with Gasteiger partial charge in [0.1, 0.15) is 0 Å². The predicted molar refractivity (Wildman–Crippen MR) is 97.7 cm³/mol. The smallest absolute Gasteiger partial charge is 0.292 e. The molecule has 0 saturated carbocycles. The molecule has 0 aromatic heterocycles. The molecule has 4 rings (SSSR count). The van der Waals surface area contributed by atoms with Crippen LogP contribution < -0.4 is 4.90 Å². The van der Waals surface area contributed by atoms with Gasteiger partial charge in [-0.2, -0.15) is 0 Å². The van der Waals surface area contributed by atoms with Crippen LogP contribution in [0.3, 0.4) is 0 Å². The quantitative estimate of drug-likeness (QED) is 0.685. The summed E-state index contributed by atoms with van der Waals surface area (Å²) in [4.78, 5) is 14.6. The second-order valence-electron chi connectivity index (χ2n) is 5.70. The fourth-order valence-corrected chi connectivity index (χ4v) is 4.01. The highest BCUT2D eigenvalue weighted by atomic mass is 35.5. The molecule has 8 heteroatoms. The van der Waals surface area contributed by atoms with Crippen molar-refractivity contribution in [3.8, 4) is 0 Å². The number of benzene rings is 2. The number of fused-ring (bicyclic) bond motifs is 2. The lowest BCUT2D eigenvalue weighted by molar-refractivity contribution is -0.180. The highest BCUT2D eigenvalue weighted by Crippen LogP contribution is 2.51. The lowest BCUT2D eigenvalue weighted by Crippen LogP contribution is -2.41. The number of nitrogens with zero attached hydrogens (tertiary/aromatic N) is 1. The molecule has 1 saturated heterocycles. The molecule has 1 spiro atoms. The molecule has 0 aliphatic carbocycles. The van der Waals surface area contributed by atoms with E-state index < -0.39 is 5.79 Å². The fourth-order valence-electron chi connectivity index (χ4n) is 3.13. The minimum Gasteiger partial charge on any atom is -0.336 e. The minimum absolute atomic E-state index is 0.191. The van der Waals surface area contributed by atoms with Crippen LogP contribution in [-0.2, 0) is 26.6 Å². The highest BCUT2D eigenvalue weighted by Gasteiger charge is 2.57. The number of ether oxygens (including phenoxy) is 2. The van der Waals surface area contributed by atoms with E-state index in [0.29, 0.717) is 39.5 Å². The number of hydrogen-bond acceptors (Lipinski definition) is 3. The van der Waals surface area contributed by atoms with Crippen molar-refractivity contribution in [1.29, 1.82) is 0 Å². The lowest BCUT2D eigenvalue weighted by atomic mass is 10.1. The number of carbonyl (C=O) groups excluding carboxylic acids is 1. The average Bonchev–Trinajstić information content (AvgIpc) is 3.14. The third-order valence-corrected chi connectivity index (χ3v) is 5.64. The fraction of sp³-hybridized carbons (Fsp3) is 0.235. The first-order valence-electron chi connectivity index (χ1n) is 7.46. The summed E-state index contributed by atoms with van der Waals surface area (Å²) in [7, 11) is 0. The molecule has 4 nitrogen and oxygen atoms in total. The topological polar surface area (TPSA) is 38.8 Å². The van der Waals surface area contributed by atoms with E-state index in [1.807, 2.05) is 0 Å². The van der Waals surface area contributed by atoms with E-state index in [4.69, 9.17) is 55.9 Å². The first kappa shape index (κ1) is 17.4. The van der Waals surface area contributed by atoms with Crippen LogP contribution in [-0.4, -0.2) is 19.1 Å². The standard InChI is InChI=1S/C17H11Cl4NO3/c18-10-2-1-9(13(20)7-10)8-22-15-11(3-4-12(19)14(15)21)17(16(22)23)24-5-6-25-17/h1-4,7H,5-6,8H2. The summed E-state index contributed by atoms with van der Waals surface area (Å²) < 4.78 is 11.4. The molecule has 0 N–H and O–H groups in total. The van der Waals surface area contributed by atoms with Crippen molar-refractivity contribution in [2.45, 2.75) is 12.3 Å². The molecule has 0 unspecified atom stereocenters. The van der Waals surface area contributed by atoms with Gasteiger partial charge >= 0.3 is 0 Å². The summed E-state index contributed by atoms with van der Waals surface area (Å²) >= 11 is 24.8. The Morgan fingerprint density at radius 1 is 1.00 bits per heavy atom. The summed E-state index contributed by atoms with van der Waals surface area (Å²) in [5.41, 5.74) is 1.75. The van der Waals surface area contributed by atoms with Crippen LogP contribution in [0.5, 0.6) is 0 Å². The van der Waals surface area contributed by atoms with E-state index in [9.17, 15) is 4.79 Å². The molecule has 25 heavy (non-hydrogen) atoms. The van der Waals surface area contributed by atoms with Crippen LogP contribution in [0.1, 0.15) is 11.1 Å². The molecule has 2 aromatic rings. The maximum Gasteiger partial charge on any atom is 0.292 e. The zero-order chi connectivity index (χ0) is 17.8. The molecule has 2 aliphatic heterocycles. The SMILES string of the molecule is O=C1N(Cc2ccc(Cl)cc2Cl)c2c(ccc(Cl)c2Cl)C12OCCO2. The van der Waals surface area contributed by atoms with Crippen molar-refractivity contribution in [2.75, 3.05) is 18.1 Å². The van der Waals surface area contributed by atoms with Gasteiger partial charge < -0.3 is 14.4 Å². The first-order valence-corrected chi connectivity index (χ1v) is 8.97. The Kier molecular flexibility index (Phi) is 4.39. The number of halogens is 4. The summed E-state index contributed by atoms with van der Waals surface area (Å²) in [6.07, 6.45) is 0. The highest BCUT2D eigenvalue weighted by molar-refractivity contribution is 6.44. The Morgan fingerprint density at radius 2 is 1.72 bits per heavy atom. The van der Waals surface area contributed by atoms with Gasteiger partial charge in [-0.25, -0.2) is 0 Å². The van der Waals surface area contributed by atoms with Gasteiger partial charge in [-0.1, -0.05) is 52.5 Å². The van der Waals surface area contributed by atoms with Crippen molar-refractivity contribution in [2.24, 2.45) is 0 Å². The Bertz CT molecular complexity index is 880. The van der Waals surface area contributed by atoms with E-state index in [-0.39, 0.29) is 17.5 Å². The Hall–Kier alpha value is -1.01. The van der Waals surface area contributed by atoms with Crippen LogP contribution in [0, 0.1) is 0 Å². The van der Waals surface area contributed by atoms with E-state index in [1.54, 1.807) is 30.3 Å². The first-order chi connectivity index (χ1) is 11.9. The Labute approximate surface area is 164 Å². The molecule has 2 heterocycles. The Morgan fingerprint density at radius 3 is 2.40 bits per heavy atom. The summed E-state index contributed by atoms with van der Waals surface area (Å²) in [6, 6.07) is 8.43. The monoisotopic (exact) mass is 417 g/mol. The van der Waals surface area contributed by atoms with Gasteiger partial charge in [-0.05, 0) is 29.8 Å². The number of anilines is 1. The summed E-state index contributed by atoms with van der Waals surface area (Å²) in [5, 5.41) is 1.58. The van der Waals surface area contributed by atoms with Gasteiger partial charge in [-0.15, -0.1) is 0 Å². The third kappa shape index (κ3) is 2.64. The second kappa shape index (κ2) is 6.31. The number of carbonyl (C=O) groups is 1. The molecule has 0 radical (unpaired) electrons. The molecule has 0 bridgehead atoms. The predicted octanol–water partition coefficient (Wildman–Crippen LogP) is 5.05. The van der Waals surface area contributed by atoms with E-state index in [1.165, 1.54) is 4.90 Å². The molecule has 130 valence electrons. The van der Waals surface area contributed by atoms with Crippen LogP contribution in [0.2, 0.25) is 20.1 Å². The minimum atomic E-state index is -1.47. The lowest BCUT2D eigenvalue weighted by Gasteiger charge is -2.22. The zero-order valence-electron chi connectivity index (χ0n) is 12.7. The van der Waals surface area contributed by atoms with E-state index >= 15 is 0 Å². The van der Waals surface area contributed by atoms with Gasteiger partial charge in [-0.3, -0.25) is 4.79 Å². The van der Waals surface area contributed by atoms with Crippen molar-refractivity contribution in [3.63, 3.8) is 0 Å². The maximum atomic E-state index is 13.1. The van der Waals surface area contributed by atoms with Crippen molar-refractivity contribution in [3.05, 3.63) is 61.5 Å². The summed E-state index contributed by atoms with van der Waals surface area (Å²) in [6.45, 7) is 0.832. The largest absolute Gasteiger partial charge is 0.336 e. The maximum absolute atomic E-state index is 13.1. The molecule has 2 aromatic carbocycles. The van der Waals surface area contributed by atoms with Gasteiger partial charge in [0.15, 0.2) is 0 Å². The molecular formula is C17H11Cl4NO3. The van der Waals surface area contributed by atoms with E-state index in [2.05, 4.69) is 0 Å². The zero-order valence-corrected chi connectivity index (χ0v) is 15.7.